The Morgan fingerprint density at radius 2 is 1.69 bits per heavy atom. The van der Waals surface area contributed by atoms with Gasteiger partial charge in [0.1, 0.15) is 5.75 Å². The number of hydrogen-bond donors (Lipinski definition) is 1. The van der Waals surface area contributed by atoms with E-state index >= 15 is 0 Å². The summed E-state index contributed by atoms with van der Waals surface area (Å²) in [4.78, 5) is 12.2. The number of rotatable bonds is 5. The minimum absolute atomic E-state index is 0.294. The number of nitrogens with zero attached hydrogens (tertiary/aromatic N) is 1. The second-order valence-electron chi connectivity index (χ2n) is 8.00. The summed E-state index contributed by atoms with van der Waals surface area (Å²) >= 11 is 6.03. The highest BCUT2D eigenvalue weighted by molar-refractivity contribution is 6.30. The molecular formula is C27H17ClF3N2O2. The summed E-state index contributed by atoms with van der Waals surface area (Å²) < 4.78 is 43.5. The average Bonchev–Trinajstić information content (AvgIpc) is 3.13. The molecule has 5 rings (SSSR count). The van der Waals surface area contributed by atoms with Gasteiger partial charge in [0.15, 0.2) is 0 Å². The number of benzene rings is 4. The van der Waals surface area contributed by atoms with E-state index in [1.807, 2.05) is 34.9 Å². The number of hydrogen-bond acceptors (Lipinski definition) is 2. The van der Waals surface area contributed by atoms with Crippen molar-refractivity contribution in [1.29, 1.82) is 0 Å². The van der Waals surface area contributed by atoms with Crippen molar-refractivity contribution in [2.45, 2.75) is 12.9 Å². The molecule has 1 aromatic heterocycles. The zero-order valence-corrected chi connectivity index (χ0v) is 18.8. The van der Waals surface area contributed by atoms with Crippen LogP contribution in [0.5, 0.6) is 5.75 Å². The molecule has 0 unspecified atom stereocenters. The van der Waals surface area contributed by atoms with Gasteiger partial charge in [-0.2, -0.15) is 0 Å². The normalized spacial score (nSPS) is 11.8. The van der Waals surface area contributed by atoms with Crippen molar-refractivity contribution in [2.75, 3.05) is 0 Å². The summed E-state index contributed by atoms with van der Waals surface area (Å²) in [5, 5.41) is 2.02. The molecule has 1 amide bonds. The fraction of sp³-hybridized carbons (Fsp3) is 0.0741. The first-order chi connectivity index (χ1) is 16.7. The van der Waals surface area contributed by atoms with E-state index in [9.17, 15) is 18.0 Å². The first kappa shape index (κ1) is 22.8. The van der Waals surface area contributed by atoms with E-state index in [0.29, 0.717) is 22.5 Å². The molecule has 35 heavy (non-hydrogen) atoms. The molecule has 4 nitrogen and oxygen atoms in total. The fourth-order valence-electron chi connectivity index (χ4n) is 4.22. The van der Waals surface area contributed by atoms with Gasteiger partial charge in [-0.25, -0.2) is 0 Å². The van der Waals surface area contributed by atoms with Crippen molar-refractivity contribution in [3.63, 3.8) is 0 Å². The molecule has 175 valence electrons. The van der Waals surface area contributed by atoms with Gasteiger partial charge in [-0.15, -0.1) is 13.2 Å². The number of ether oxygens (including phenoxy) is 1. The van der Waals surface area contributed by atoms with Crippen LogP contribution in [0.1, 0.15) is 15.9 Å². The maximum atomic E-state index is 12.5. The highest BCUT2D eigenvalue weighted by Gasteiger charge is 2.31. The maximum Gasteiger partial charge on any atom is 0.573 e. The molecule has 0 aliphatic heterocycles. The molecular weight excluding hydrogens is 477 g/mol. The van der Waals surface area contributed by atoms with Crippen LogP contribution in [0.3, 0.4) is 0 Å². The Hall–Kier alpha value is -3.97. The van der Waals surface area contributed by atoms with Gasteiger partial charge >= 0.3 is 6.36 Å². The number of amides is 1. The van der Waals surface area contributed by atoms with E-state index in [1.54, 1.807) is 36.4 Å². The molecule has 1 heterocycles. The molecule has 5 aromatic rings. The number of carbonyl (C=O) groups is 1. The highest BCUT2D eigenvalue weighted by atomic mass is 35.5. The number of carbonyl (C=O) groups excluding carboxylic acids is 1. The third kappa shape index (κ3) is 4.55. The van der Waals surface area contributed by atoms with Gasteiger partial charge in [-0.05, 0) is 71.3 Å². The van der Waals surface area contributed by atoms with Crippen LogP contribution in [0, 0.1) is 6.07 Å². The summed E-state index contributed by atoms with van der Waals surface area (Å²) in [5.41, 5.74) is 10.2. The molecule has 0 fully saturated rings. The number of fused-ring (bicyclic) bond motifs is 3. The van der Waals surface area contributed by atoms with Crippen LogP contribution in [-0.4, -0.2) is 16.8 Å². The van der Waals surface area contributed by atoms with Crippen LogP contribution < -0.4 is 10.5 Å². The molecule has 0 saturated heterocycles. The summed E-state index contributed by atoms with van der Waals surface area (Å²) in [7, 11) is 0. The summed E-state index contributed by atoms with van der Waals surface area (Å²) in [6.07, 6.45) is -4.76. The Kier molecular flexibility index (Phi) is 5.65. The number of nitrogens with two attached hydrogens (primary N) is 1. The number of halogens is 4. The van der Waals surface area contributed by atoms with E-state index in [1.165, 1.54) is 12.1 Å². The summed E-state index contributed by atoms with van der Waals surface area (Å²) in [6, 6.07) is 25.5. The Bertz CT molecular complexity index is 1560. The molecule has 4 aromatic carbocycles. The second-order valence-corrected chi connectivity index (χ2v) is 8.43. The topological polar surface area (TPSA) is 57.2 Å². The van der Waals surface area contributed by atoms with Crippen molar-refractivity contribution < 1.29 is 22.7 Å². The second kappa shape index (κ2) is 8.67. The first-order valence-corrected chi connectivity index (χ1v) is 10.9. The van der Waals surface area contributed by atoms with Gasteiger partial charge < -0.3 is 15.0 Å². The molecule has 0 bridgehead atoms. The van der Waals surface area contributed by atoms with Crippen LogP contribution in [0.2, 0.25) is 5.02 Å². The smallest absolute Gasteiger partial charge is 0.406 e. The molecule has 8 heteroatoms. The molecule has 0 saturated carbocycles. The summed E-state index contributed by atoms with van der Waals surface area (Å²) in [5.74, 6) is -0.851. The van der Waals surface area contributed by atoms with E-state index in [-0.39, 0.29) is 5.75 Å². The Labute approximate surface area is 203 Å². The zero-order chi connectivity index (χ0) is 24.7. The largest absolute Gasteiger partial charge is 0.573 e. The van der Waals surface area contributed by atoms with E-state index in [4.69, 9.17) is 17.3 Å². The van der Waals surface area contributed by atoms with E-state index in [2.05, 4.69) is 10.8 Å². The van der Waals surface area contributed by atoms with Gasteiger partial charge in [-0.3, -0.25) is 4.79 Å². The lowest BCUT2D eigenvalue weighted by Crippen LogP contribution is -2.17. The summed E-state index contributed by atoms with van der Waals surface area (Å²) in [6.45, 7) is 0.340. The van der Waals surface area contributed by atoms with Gasteiger partial charge in [0, 0.05) is 27.9 Å². The predicted octanol–water partition coefficient (Wildman–Crippen LogP) is 6.96. The molecule has 0 aliphatic carbocycles. The van der Waals surface area contributed by atoms with Crippen molar-refractivity contribution >= 4 is 39.3 Å². The lowest BCUT2D eigenvalue weighted by atomic mass is 10.0. The number of aromatic nitrogens is 1. The number of alkyl halides is 3. The molecule has 2 N–H and O–H groups in total. The quantitative estimate of drug-likeness (QED) is 0.288. The minimum atomic E-state index is -4.76. The van der Waals surface area contributed by atoms with E-state index in [0.717, 1.165) is 33.1 Å². The first-order valence-electron chi connectivity index (χ1n) is 10.6. The predicted molar refractivity (Wildman–Crippen MR) is 129 cm³/mol. The van der Waals surface area contributed by atoms with Crippen molar-refractivity contribution in [3.05, 3.63) is 101 Å². The van der Waals surface area contributed by atoms with Gasteiger partial charge in [0.25, 0.3) is 0 Å². The van der Waals surface area contributed by atoms with Crippen LogP contribution in [-0.2, 0) is 6.54 Å². The lowest BCUT2D eigenvalue weighted by molar-refractivity contribution is -0.274. The van der Waals surface area contributed by atoms with Gasteiger partial charge in [-0.1, -0.05) is 41.9 Å². The van der Waals surface area contributed by atoms with Crippen LogP contribution in [0.25, 0.3) is 32.9 Å². The Morgan fingerprint density at radius 3 is 2.34 bits per heavy atom. The third-order valence-electron chi connectivity index (χ3n) is 5.74. The number of primary amides is 1. The zero-order valence-electron chi connectivity index (χ0n) is 18.1. The lowest BCUT2D eigenvalue weighted by Gasteiger charge is -2.11. The van der Waals surface area contributed by atoms with Gasteiger partial charge in [0.2, 0.25) is 5.91 Å². The Balaban J connectivity index is 1.66. The van der Waals surface area contributed by atoms with Crippen molar-refractivity contribution in [2.24, 2.45) is 5.73 Å². The third-order valence-corrected chi connectivity index (χ3v) is 5.99. The maximum absolute atomic E-state index is 12.5. The molecule has 0 aliphatic rings. The molecule has 0 atom stereocenters. The Morgan fingerprint density at radius 1 is 0.971 bits per heavy atom. The van der Waals surface area contributed by atoms with Crippen LogP contribution in [0.4, 0.5) is 13.2 Å². The van der Waals surface area contributed by atoms with Crippen LogP contribution >= 0.6 is 11.6 Å². The minimum Gasteiger partial charge on any atom is -0.406 e. The molecule has 0 spiro atoms. The SMILES string of the molecule is NC(=O)c1cccc2c1c1[c]cc(-c3ccc(Cl)cc3)cc1n2Cc1ccc(OC(F)(F)F)cc1. The van der Waals surface area contributed by atoms with Gasteiger partial charge in [0.05, 0.1) is 11.0 Å². The van der Waals surface area contributed by atoms with Crippen molar-refractivity contribution in [3.8, 4) is 16.9 Å². The van der Waals surface area contributed by atoms with Crippen LogP contribution in [0.15, 0.2) is 78.9 Å². The average molecular weight is 494 g/mol. The van der Waals surface area contributed by atoms with Crippen molar-refractivity contribution in [1.82, 2.24) is 4.57 Å². The fourth-order valence-corrected chi connectivity index (χ4v) is 4.35. The highest BCUT2D eigenvalue weighted by Crippen LogP contribution is 2.35. The standard InChI is InChI=1S/C27H17ClF3N2O2/c28-19-9-6-17(7-10-19)18-8-13-21-24(14-18)33(23-3-1-2-22(25(21)23)26(32)34)15-16-4-11-20(12-5-16)35-27(29,30)31/h1-12,14H,15H2,(H2,32,34). The molecule has 1 radical (unpaired) electrons. The monoisotopic (exact) mass is 493 g/mol. The van der Waals surface area contributed by atoms with E-state index < -0.39 is 12.3 Å².